The number of nitrogens with two attached hydrogens (primary N) is 1. The maximum atomic E-state index is 12.2. The zero-order chi connectivity index (χ0) is 30.7. The number of rotatable bonds is 17. The van der Waals surface area contributed by atoms with E-state index >= 15 is 0 Å². The first-order valence-corrected chi connectivity index (χ1v) is 14.0. The predicted octanol–water partition coefficient (Wildman–Crippen LogP) is 2.67. The minimum atomic E-state index is -1.02. The van der Waals surface area contributed by atoms with E-state index in [0.29, 0.717) is 38.7 Å². The molecule has 0 radical (unpaired) electrons. The second-order valence-electron chi connectivity index (χ2n) is 10.1. The average molecular weight is 575 g/mol. The number of benzene rings is 2. The Balaban J connectivity index is 0.000000646. The molecule has 0 fully saturated rings. The molecule has 0 spiro atoms. The SMILES string of the molecule is CCOC(=O)[C@H](C)C[C@H](Cc1ccc(-c2ccccc2)cc1)NC(=O)CCC(=O)O.NC(CCO)(CCO)CCO. The van der Waals surface area contributed by atoms with E-state index in [9.17, 15) is 14.4 Å². The Hall–Kier alpha value is -3.31. The summed E-state index contributed by atoms with van der Waals surface area (Å²) in [6.45, 7) is 3.82. The normalized spacial score (nSPS) is 12.4. The van der Waals surface area contributed by atoms with Crippen molar-refractivity contribution in [1.82, 2.24) is 5.32 Å². The first-order valence-electron chi connectivity index (χ1n) is 14.0. The summed E-state index contributed by atoms with van der Waals surface area (Å²) < 4.78 is 5.07. The minimum Gasteiger partial charge on any atom is -0.481 e. The summed E-state index contributed by atoms with van der Waals surface area (Å²) in [5.74, 6) is -2.03. The lowest BCUT2D eigenvalue weighted by atomic mass is 9.90. The number of carboxylic acid groups (broad SMARTS) is 1. The van der Waals surface area contributed by atoms with Crippen molar-refractivity contribution in [3.05, 3.63) is 60.2 Å². The van der Waals surface area contributed by atoms with Gasteiger partial charge in [-0.05, 0) is 55.7 Å². The van der Waals surface area contributed by atoms with Crippen LogP contribution in [0.1, 0.15) is 57.9 Å². The first kappa shape index (κ1) is 35.7. The van der Waals surface area contributed by atoms with Gasteiger partial charge in [-0.25, -0.2) is 0 Å². The quantitative estimate of drug-likeness (QED) is 0.155. The number of carboxylic acids is 1. The van der Waals surface area contributed by atoms with Crippen LogP contribution in [0.2, 0.25) is 0 Å². The standard InChI is InChI=1S/C24H29NO5.C7H17NO3/c1-3-30-24(29)17(2)15-21(25-22(26)13-14-23(27)28)16-18-9-11-20(12-10-18)19-7-5-4-6-8-19;8-7(1-4-9,2-5-10)3-6-11/h4-12,17,21H,3,13-16H2,1-2H3,(H,25,26)(H,27,28);9-11H,1-6,8H2/t17-,21-;/m1./s1. The van der Waals surface area contributed by atoms with Crippen LogP contribution in [0.15, 0.2) is 54.6 Å². The van der Waals surface area contributed by atoms with Crippen molar-refractivity contribution in [3.63, 3.8) is 0 Å². The Morgan fingerprint density at radius 1 is 0.878 bits per heavy atom. The summed E-state index contributed by atoms with van der Waals surface area (Å²) in [6, 6.07) is 17.8. The van der Waals surface area contributed by atoms with Gasteiger partial charge in [0.2, 0.25) is 5.91 Å². The van der Waals surface area contributed by atoms with Crippen LogP contribution >= 0.6 is 0 Å². The van der Waals surface area contributed by atoms with Crippen molar-refractivity contribution in [2.45, 2.75) is 70.4 Å². The van der Waals surface area contributed by atoms with Gasteiger partial charge in [0.15, 0.2) is 0 Å². The zero-order valence-corrected chi connectivity index (χ0v) is 24.1. The van der Waals surface area contributed by atoms with Gasteiger partial charge in [-0.2, -0.15) is 0 Å². The Morgan fingerprint density at radius 3 is 1.90 bits per heavy atom. The van der Waals surface area contributed by atoms with Crippen molar-refractivity contribution in [3.8, 4) is 11.1 Å². The number of aliphatic hydroxyl groups excluding tert-OH is 3. The number of nitrogens with one attached hydrogen (secondary N) is 1. The van der Waals surface area contributed by atoms with Crippen molar-refractivity contribution >= 4 is 17.8 Å². The molecule has 1 amide bonds. The van der Waals surface area contributed by atoms with E-state index in [4.69, 9.17) is 30.9 Å². The largest absolute Gasteiger partial charge is 0.481 e. The number of hydrogen-bond acceptors (Lipinski definition) is 8. The van der Waals surface area contributed by atoms with Gasteiger partial charge >= 0.3 is 11.9 Å². The third kappa shape index (κ3) is 14.8. The Kier molecular flexibility index (Phi) is 17.2. The molecule has 7 N–H and O–H groups in total. The van der Waals surface area contributed by atoms with Crippen LogP contribution in [0, 0.1) is 5.92 Å². The maximum absolute atomic E-state index is 12.2. The molecule has 2 aromatic carbocycles. The number of ether oxygens (including phenoxy) is 1. The second-order valence-corrected chi connectivity index (χ2v) is 10.1. The van der Waals surface area contributed by atoms with E-state index < -0.39 is 11.5 Å². The van der Waals surface area contributed by atoms with Gasteiger partial charge in [0.25, 0.3) is 0 Å². The predicted molar refractivity (Wildman–Crippen MR) is 157 cm³/mol. The number of carbonyl (C=O) groups is 3. The third-order valence-corrected chi connectivity index (χ3v) is 6.63. The average Bonchev–Trinajstić information content (AvgIpc) is 2.93. The molecule has 2 atom stereocenters. The van der Waals surface area contributed by atoms with Gasteiger partial charge in [0.1, 0.15) is 0 Å². The van der Waals surface area contributed by atoms with Crippen molar-refractivity contribution in [2.24, 2.45) is 11.7 Å². The number of carbonyl (C=O) groups excluding carboxylic acids is 2. The molecule has 2 aromatic rings. The summed E-state index contributed by atoms with van der Waals surface area (Å²) >= 11 is 0. The molecule has 2 rings (SSSR count). The summed E-state index contributed by atoms with van der Waals surface area (Å²) in [6.07, 6.45) is 1.91. The van der Waals surface area contributed by atoms with Crippen molar-refractivity contribution in [1.29, 1.82) is 0 Å². The first-order chi connectivity index (χ1) is 19.6. The molecule has 0 saturated heterocycles. The van der Waals surface area contributed by atoms with Crippen LogP contribution in [-0.2, 0) is 25.5 Å². The highest BCUT2D eigenvalue weighted by Crippen LogP contribution is 2.21. The summed E-state index contributed by atoms with van der Waals surface area (Å²) in [4.78, 5) is 34.9. The molecule has 10 nitrogen and oxygen atoms in total. The van der Waals surface area contributed by atoms with Crippen LogP contribution in [0.4, 0.5) is 0 Å². The van der Waals surface area contributed by atoms with E-state index in [2.05, 4.69) is 5.32 Å². The van der Waals surface area contributed by atoms with E-state index in [0.717, 1.165) is 16.7 Å². The number of aliphatic hydroxyl groups is 3. The van der Waals surface area contributed by atoms with Gasteiger partial charge in [-0.3, -0.25) is 14.4 Å². The fourth-order valence-corrected chi connectivity index (χ4v) is 4.31. The van der Waals surface area contributed by atoms with Gasteiger partial charge in [-0.1, -0.05) is 61.5 Å². The molecular formula is C31H46N2O8. The lowest BCUT2D eigenvalue weighted by Gasteiger charge is -2.26. The van der Waals surface area contributed by atoms with Crippen LogP contribution in [0.5, 0.6) is 0 Å². The van der Waals surface area contributed by atoms with Crippen LogP contribution in [0.25, 0.3) is 11.1 Å². The molecule has 0 aliphatic rings. The lowest BCUT2D eigenvalue weighted by molar-refractivity contribution is -0.148. The number of aliphatic carboxylic acids is 1. The smallest absolute Gasteiger partial charge is 0.308 e. The monoisotopic (exact) mass is 574 g/mol. The van der Waals surface area contributed by atoms with E-state index in [1.54, 1.807) is 13.8 Å². The fourth-order valence-electron chi connectivity index (χ4n) is 4.31. The van der Waals surface area contributed by atoms with Gasteiger partial charge in [0.05, 0.1) is 18.9 Å². The molecule has 0 aliphatic carbocycles. The molecule has 0 aliphatic heterocycles. The summed E-state index contributed by atoms with van der Waals surface area (Å²) in [5.41, 5.74) is 8.40. The Bertz CT molecular complexity index is 1010. The number of amides is 1. The third-order valence-electron chi connectivity index (χ3n) is 6.63. The molecule has 0 heterocycles. The van der Waals surface area contributed by atoms with E-state index in [-0.39, 0.29) is 56.5 Å². The van der Waals surface area contributed by atoms with Crippen LogP contribution in [-0.4, -0.2) is 76.3 Å². The minimum absolute atomic E-state index is 0.00347. The van der Waals surface area contributed by atoms with Gasteiger partial charge in [-0.15, -0.1) is 0 Å². The Morgan fingerprint density at radius 2 is 1.41 bits per heavy atom. The van der Waals surface area contributed by atoms with Crippen molar-refractivity contribution in [2.75, 3.05) is 26.4 Å². The molecule has 0 unspecified atom stereocenters. The Labute approximate surface area is 242 Å². The van der Waals surface area contributed by atoms with E-state index in [1.807, 2.05) is 54.6 Å². The van der Waals surface area contributed by atoms with Gasteiger partial charge < -0.3 is 36.2 Å². The highest BCUT2D eigenvalue weighted by Gasteiger charge is 2.23. The number of esters is 1. The topological polar surface area (TPSA) is 179 Å². The molecule has 0 aromatic heterocycles. The molecule has 0 bridgehead atoms. The van der Waals surface area contributed by atoms with Crippen molar-refractivity contribution < 1.29 is 39.5 Å². The maximum Gasteiger partial charge on any atom is 0.308 e. The molecule has 228 valence electrons. The molecule has 41 heavy (non-hydrogen) atoms. The molecule has 10 heteroatoms. The van der Waals surface area contributed by atoms with E-state index in [1.165, 1.54) is 0 Å². The second kappa shape index (κ2) is 19.7. The summed E-state index contributed by atoms with van der Waals surface area (Å²) in [7, 11) is 0. The van der Waals surface area contributed by atoms with Crippen LogP contribution in [0.3, 0.4) is 0 Å². The lowest BCUT2D eigenvalue weighted by Crippen LogP contribution is -2.42. The summed E-state index contributed by atoms with van der Waals surface area (Å²) in [5, 5.41) is 37.5. The highest BCUT2D eigenvalue weighted by atomic mass is 16.5. The zero-order valence-electron chi connectivity index (χ0n) is 24.1. The molecule has 0 saturated carbocycles. The number of hydrogen-bond donors (Lipinski definition) is 6. The fraction of sp³-hybridized carbons (Fsp3) is 0.516. The van der Waals surface area contributed by atoms with Crippen LogP contribution < -0.4 is 11.1 Å². The highest BCUT2D eigenvalue weighted by molar-refractivity contribution is 5.81. The van der Waals surface area contributed by atoms with Gasteiger partial charge in [0, 0.05) is 37.8 Å². The molecular weight excluding hydrogens is 528 g/mol.